The van der Waals surface area contributed by atoms with Gasteiger partial charge in [0, 0.05) is 19.5 Å². The van der Waals surface area contributed by atoms with Crippen molar-refractivity contribution in [2.24, 2.45) is 5.92 Å². The Bertz CT molecular complexity index is 170. The van der Waals surface area contributed by atoms with Crippen molar-refractivity contribution in [2.45, 2.75) is 38.6 Å². The van der Waals surface area contributed by atoms with Crippen LogP contribution >= 0.6 is 0 Å². The van der Waals surface area contributed by atoms with Gasteiger partial charge in [0.05, 0.1) is 0 Å². The van der Waals surface area contributed by atoms with Crippen LogP contribution in [0.4, 0.5) is 0 Å². The standard InChI is InChI=1S/C10H20N2O/c1-8(13)12-7-9-4-3-5-10(6-9)11-2/h9-11H,3-7H2,1-2H3,(H,12,13). The smallest absolute Gasteiger partial charge is 0.216 e. The van der Waals surface area contributed by atoms with Gasteiger partial charge in [0.2, 0.25) is 5.91 Å². The number of hydrogen-bond donors (Lipinski definition) is 2. The summed E-state index contributed by atoms with van der Waals surface area (Å²) in [5, 5.41) is 6.20. The molecule has 1 fully saturated rings. The summed E-state index contributed by atoms with van der Waals surface area (Å²) in [6.07, 6.45) is 5.04. The van der Waals surface area contributed by atoms with Gasteiger partial charge < -0.3 is 10.6 Å². The van der Waals surface area contributed by atoms with Crippen LogP contribution in [0.5, 0.6) is 0 Å². The minimum absolute atomic E-state index is 0.0894. The predicted octanol–water partition coefficient (Wildman–Crippen LogP) is 0.901. The minimum atomic E-state index is 0.0894. The highest BCUT2D eigenvalue weighted by Gasteiger charge is 2.20. The molecule has 1 aliphatic rings. The molecule has 0 aromatic rings. The molecule has 2 unspecified atom stereocenters. The van der Waals surface area contributed by atoms with E-state index in [1.54, 1.807) is 6.92 Å². The molecule has 13 heavy (non-hydrogen) atoms. The Hall–Kier alpha value is -0.570. The minimum Gasteiger partial charge on any atom is -0.356 e. The first-order chi connectivity index (χ1) is 6.22. The molecule has 1 aliphatic carbocycles. The zero-order valence-electron chi connectivity index (χ0n) is 8.60. The van der Waals surface area contributed by atoms with Gasteiger partial charge in [0.25, 0.3) is 0 Å². The molecule has 3 nitrogen and oxygen atoms in total. The highest BCUT2D eigenvalue weighted by atomic mass is 16.1. The van der Waals surface area contributed by atoms with Gasteiger partial charge in [-0.15, -0.1) is 0 Å². The molecule has 0 aromatic carbocycles. The average Bonchev–Trinajstić information content (AvgIpc) is 2.15. The maximum atomic E-state index is 10.7. The number of carbonyl (C=O) groups is 1. The highest BCUT2D eigenvalue weighted by Crippen LogP contribution is 2.23. The first-order valence-corrected chi connectivity index (χ1v) is 5.14. The monoisotopic (exact) mass is 184 g/mol. The Balaban J connectivity index is 2.21. The van der Waals surface area contributed by atoms with Gasteiger partial charge in [-0.2, -0.15) is 0 Å². The largest absolute Gasteiger partial charge is 0.356 e. The fraction of sp³-hybridized carbons (Fsp3) is 0.900. The van der Waals surface area contributed by atoms with E-state index in [1.165, 1.54) is 25.7 Å². The van der Waals surface area contributed by atoms with E-state index in [-0.39, 0.29) is 5.91 Å². The summed E-state index contributed by atoms with van der Waals surface area (Å²) in [7, 11) is 2.02. The van der Waals surface area contributed by atoms with Crippen LogP contribution in [0.25, 0.3) is 0 Å². The van der Waals surface area contributed by atoms with Crippen LogP contribution in [-0.4, -0.2) is 25.5 Å². The summed E-state index contributed by atoms with van der Waals surface area (Å²) in [6, 6.07) is 0.660. The van der Waals surface area contributed by atoms with E-state index in [2.05, 4.69) is 10.6 Å². The zero-order valence-corrected chi connectivity index (χ0v) is 8.60. The zero-order chi connectivity index (χ0) is 9.68. The van der Waals surface area contributed by atoms with Crippen molar-refractivity contribution in [3.8, 4) is 0 Å². The SMILES string of the molecule is CNC1CCCC(CNC(C)=O)C1. The third kappa shape index (κ3) is 3.77. The van der Waals surface area contributed by atoms with E-state index in [0.29, 0.717) is 12.0 Å². The maximum absolute atomic E-state index is 10.7. The molecule has 1 rings (SSSR count). The normalized spacial score (nSPS) is 28.5. The number of amides is 1. The Morgan fingerprint density at radius 2 is 2.23 bits per heavy atom. The van der Waals surface area contributed by atoms with Crippen LogP contribution in [0, 0.1) is 5.92 Å². The predicted molar refractivity (Wildman–Crippen MR) is 53.5 cm³/mol. The van der Waals surface area contributed by atoms with Crippen molar-refractivity contribution < 1.29 is 4.79 Å². The lowest BCUT2D eigenvalue weighted by Crippen LogP contribution is -2.36. The second kappa shape index (κ2) is 5.22. The second-order valence-electron chi connectivity index (χ2n) is 3.96. The topological polar surface area (TPSA) is 41.1 Å². The van der Waals surface area contributed by atoms with Crippen LogP contribution in [0.3, 0.4) is 0 Å². The maximum Gasteiger partial charge on any atom is 0.216 e. The third-order valence-corrected chi connectivity index (χ3v) is 2.83. The fourth-order valence-corrected chi connectivity index (χ4v) is 2.03. The summed E-state index contributed by atoms with van der Waals surface area (Å²) < 4.78 is 0. The Morgan fingerprint density at radius 1 is 1.46 bits per heavy atom. The lowest BCUT2D eigenvalue weighted by Gasteiger charge is -2.28. The van der Waals surface area contributed by atoms with Gasteiger partial charge in [-0.1, -0.05) is 6.42 Å². The average molecular weight is 184 g/mol. The summed E-state index contributed by atoms with van der Waals surface area (Å²) in [6.45, 7) is 2.44. The van der Waals surface area contributed by atoms with Gasteiger partial charge >= 0.3 is 0 Å². The van der Waals surface area contributed by atoms with Crippen molar-refractivity contribution in [1.29, 1.82) is 0 Å². The number of nitrogens with one attached hydrogen (secondary N) is 2. The third-order valence-electron chi connectivity index (χ3n) is 2.83. The first-order valence-electron chi connectivity index (χ1n) is 5.14. The summed E-state index contributed by atoms with van der Waals surface area (Å²) in [5.74, 6) is 0.765. The Labute approximate surface area is 80.3 Å². The molecule has 0 spiro atoms. The van der Waals surface area contributed by atoms with Crippen molar-refractivity contribution >= 4 is 5.91 Å². The van der Waals surface area contributed by atoms with Crippen LogP contribution < -0.4 is 10.6 Å². The molecule has 0 aromatic heterocycles. The number of rotatable bonds is 3. The molecule has 3 heteroatoms. The Kier molecular flexibility index (Phi) is 4.22. The van der Waals surface area contributed by atoms with Gasteiger partial charge in [-0.05, 0) is 32.2 Å². The molecule has 0 bridgehead atoms. The molecule has 0 aliphatic heterocycles. The summed E-state index contributed by atoms with van der Waals surface area (Å²) >= 11 is 0. The quantitative estimate of drug-likeness (QED) is 0.684. The molecule has 0 saturated heterocycles. The summed E-state index contributed by atoms with van der Waals surface area (Å²) in [5.41, 5.74) is 0. The molecule has 0 heterocycles. The molecule has 1 saturated carbocycles. The van der Waals surface area contributed by atoms with Crippen LogP contribution in [-0.2, 0) is 4.79 Å². The van der Waals surface area contributed by atoms with E-state index in [0.717, 1.165) is 6.54 Å². The van der Waals surface area contributed by atoms with Crippen molar-refractivity contribution in [3.05, 3.63) is 0 Å². The summed E-state index contributed by atoms with van der Waals surface area (Å²) in [4.78, 5) is 10.7. The fourth-order valence-electron chi connectivity index (χ4n) is 2.03. The van der Waals surface area contributed by atoms with Gasteiger partial charge in [-0.3, -0.25) is 4.79 Å². The highest BCUT2D eigenvalue weighted by molar-refractivity contribution is 5.72. The molecule has 0 radical (unpaired) electrons. The van der Waals surface area contributed by atoms with Crippen LogP contribution in [0.15, 0.2) is 0 Å². The van der Waals surface area contributed by atoms with Gasteiger partial charge in [0.1, 0.15) is 0 Å². The van der Waals surface area contributed by atoms with E-state index in [1.807, 2.05) is 7.05 Å². The molecular formula is C10H20N2O. The van der Waals surface area contributed by atoms with E-state index < -0.39 is 0 Å². The van der Waals surface area contributed by atoms with E-state index in [9.17, 15) is 4.79 Å². The molecule has 2 atom stereocenters. The van der Waals surface area contributed by atoms with Gasteiger partial charge in [-0.25, -0.2) is 0 Å². The lowest BCUT2D eigenvalue weighted by atomic mass is 9.86. The van der Waals surface area contributed by atoms with Gasteiger partial charge in [0.15, 0.2) is 0 Å². The van der Waals surface area contributed by atoms with E-state index >= 15 is 0 Å². The van der Waals surface area contributed by atoms with Crippen molar-refractivity contribution in [3.63, 3.8) is 0 Å². The second-order valence-corrected chi connectivity index (χ2v) is 3.96. The first kappa shape index (κ1) is 10.5. The van der Waals surface area contributed by atoms with E-state index in [4.69, 9.17) is 0 Å². The number of hydrogen-bond acceptors (Lipinski definition) is 2. The van der Waals surface area contributed by atoms with Crippen LogP contribution in [0.1, 0.15) is 32.6 Å². The molecular weight excluding hydrogens is 164 g/mol. The van der Waals surface area contributed by atoms with Crippen LogP contribution in [0.2, 0.25) is 0 Å². The van der Waals surface area contributed by atoms with Crippen molar-refractivity contribution in [2.75, 3.05) is 13.6 Å². The molecule has 2 N–H and O–H groups in total. The number of carbonyl (C=O) groups excluding carboxylic acids is 1. The Morgan fingerprint density at radius 3 is 2.85 bits per heavy atom. The molecule has 1 amide bonds. The van der Waals surface area contributed by atoms with Crippen molar-refractivity contribution in [1.82, 2.24) is 10.6 Å². The lowest BCUT2D eigenvalue weighted by molar-refractivity contribution is -0.119. The molecule has 76 valence electrons.